The zero-order valence-corrected chi connectivity index (χ0v) is 16.6. The third-order valence-electron chi connectivity index (χ3n) is 3.78. The number of aromatic hydroxyl groups is 1. The van der Waals surface area contributed by atoms with Gasteiger partial charge in [-0.25, -0.2) is 0 Å². The maximum Gasteiger partial charge on any atom is 0.171 e. The molecular formula is C20H22INO4. The molecule has 0 aliphatic heterocycles. The molecule has 1 aromatic heterocycles. The Kier molecular flexibility index (Phi) is 8.08. The summed E-state index contributed by atoms with van der Waals surface area (Å²) in [5, 5.41) is 28.8. The van der Waals surface area contributed by atoms with Crippen molar-refractivity contribution in [3.05, 3.63) is 63.5 Å². The van der Waals surface area contributed by atoms with E-state index < -0.39 is 6.10 Å². The highest BCUT2D eigenvalue weighted by atomic mass is 127. The highest BCUT2D eigenvalue weighted by Gasteiger charge is 2.10. The Morgan fingerprint density at radius 1 is 1.35 bits per heavy atom. The molecule has 0 spiro atoms. The highest BCUT2D eigenvalue weighted by molar-refractivity contribution is 14.1. The van der Waals surface area contributed by atoms with Crippen molar-refractivity contribution in [2.24, 2.45) is 0 Å². The van der Waals surface area contributed by atoms with Gasteiger partial charge in [0.05, 0.1) is 29.1 Å². The number of hydrogen-bond acceptors (Lipinski definition) is 5. The van der Waals surface area contributed by atoms with E-state index >= 15 is 0 Å². The number of methoxy groups -OCH3 is 1. The van der Waals surface area contributed by atoms with Crippen LogP contribution in [0.3, 0.4) is 0 Å². The van der Waals surface area contributed by atoms with Gasteiger partial charge < -0.3 is 20.1 Å². The van der Waals surface area contributed by atoms with Crippen LogP contribution in [0.4, 0.5) is 0 Å². The summed E-state index contributed by atoms with van der Waals surface area (Å²) in [5.41, 5.74) is 2.67. The summed E-state index contributed by atoms with van der Waals surface area (Å²) in [6.07, 6.45) is 7.30. The molecule has 26 heavy (non-hydrogen) atoms. The number of halogens is 1. The third-order valence-corrected chi connectivity index (χ3v) is 4.60. The van der Waals surface area contributed by atoms with E-state index in [0.717, 1.165) is 16.8 Å². The quantitative estimate of drug-likeness (QED) is 0.408. The first kappa shape index (κ1) is 20.4. The van der Waals surface area contributed by atoms with E-state index in [1.807, 2.05) is 30.3 Å². The van der Waals surface area contributed by atoms with Crippen molar-refractivity contribution < 1.29 is 20.1 Å². The van der Waals surface area contributed by atoms with Crippen molar-refractivity contribution >= 4 is 34.2 Å². The van der Waals surface area contributed by atoms with Crippen molar-refractivity contribution in [1.82, 2.24) is 4.98 Å². The van der Waals surface area contributed by atoms with Crippen molar-refractivity contribution in [2.45, 2.75) is 18.9 Å². The van der Waals surface area contributed by atoms with Gasteiger partial charge in [0, 0.05) is 6.20 Å². The van der Waals surface area contributed by atoms with E-state index in [9.17, 15) is 10.2 Å². The van der Waals surface area contributed by atoms with Crippen molar-refractivity contribution in [3.8, 4) is 11.5 Å². The topological polar surface area (TPSA) is 82.8 Å². The van der Waals surface area contributed by atoms with Crippen LogP contribution < -0.4 is 4.74 Å². The summed E-state index contributed by atoms with van der Waals surface area (Å²) in [6.45, 7) is -0.0915. The smallest absolute Gasteiger partial charge is 0.171 e. The second kappa shape index (κ2) is 10.3. The molecule has 0 fully saturated rings. The molecule has 3 N–H and O–H groups in total. The predicted octanol–water partition coefficient (Wildman–Crippen LogP) is 3.63. The summed E-state index contributed by atoms with van der Waals surface area (Å²) >= 11 is 2.06. The molecule has 6 heteroatoms. The van der Waals surface area contributed by atoms with Crippen LogP contribution in [0, 0.1) is 3.57 Å². The Labute approximate surface area is 166 Å². The maximum absolute atomic E-state index is 10.0. The molecule has 0 saturated heterocycles. The number of ether oxygens (including phenoxy) is 1. The van der Waals surface area contributed by atoms with E-state index in [1.165, 1.54) is 13.2 Å². The molecule has 0 aliphatic rings. The van der Waals surface area contributed by atoms with E-state index in [0.29, 0.717) is 22.2 Å². The van der Waals surface area contributed by atoms with Gasteiger partial charge in [-0.05, 0) is 76.9 Å². The van der Waals surface area contributed by atoms with Crippen LogP contribution in [-0.2, 0) is 0 Å². The number of nitrogens with zero attached hydrogens (tertiary/aromatic N) is 1. The van der Waals surface area contributed by atoms with Crippen LogP contribution in [0.2, 0.25) is 0 Å². The summed E-state index contributed by atoms with van der Waals surface area (Å²) in [7, 11) is 1.52. The lowest BCUT2D eigenvalue weighted by atomic mass is 10.00. The van der Waals surface area contributed by atoms with Gasteiger partial charge in [-0.2, -0.15) is 0 Å². The number of phenolic OH excluding ortho intramolecular Hbond substituents is 1. The molecule has 2 rings (SSSR count). The number of benzene rings is 1. The first-order chi connectivity index (χ1) is 12.5. The van der Waals surface area contributed by atoms with Gasteiger partial charge >= 0.3 is 0 Å². The van der Waals surface area contributed by atoms with Crippen LogP contribution in [0.1, 0.15) is 24.1 Å². The van der Waals surface area contributed by atoms with Crippen LogP contribution in [0.5, 0.6) is 11.5 Å². The van der Waals surface area contributed by atoms with Crippen LogP contribution >= 0.6 is 22.6 Å². The van der Waals surface area contributed by atoms with Gasteiger partial charge in [0.1, 0.15) is 0 Å². The molecule has 0 amide bonds. The number of phenols is 1. The van der Waals surface area contributed by atoms with Gasteiger partial charge in [-0.1, -0.05) is 18.2 Å². The van der Waals surface area contributed by atoms with Gasteiger partial charge in [0.2, 0.25) is 0 Å². The Morgan fingerprint density at radius 3 is 2.81 bits per heavy atom. The number of allylic oxidation sites excluding steroid dienone is 1. The van der Waals surface area contributed by atoms with Gasteiger partial charge in [-0.15, -0.1) is 0 Å². The molecule has 2 aromatic rings. The Hall–Kier alpha value is -1.90. The van der Waals surface area contributed by atoms with Gasteiger partial charge in [0.25, 0.3) is 0 Å². The fourth-order valence-electron chi connectivity index (χ4n) is 2.48. The zero-order chi connectivity index (χ0) is 18.9. The van der Waals surface area contributed by atoms with Crippen molar-refractivity contribution in [3.63, 3.8) is 0 Å². The Morgan fingerprint density at radius 2 is 2.15 bits per heavy atom. The Balaban J connectivity index is 2.33. The molecule has 0 saturated carbocycles. The number of pyridine rings is 1. The molecule has 1 atom stereocenters. The van der Waals surface area contributed by atoms with E-state index in [-0.39, 0.29) is 12.4 Å². The lowest BCUT2D eigenvalue weighted by Crippen LogP contribution is -2.03. The number of rotatable bonds is 8. The van der Waals surface area contributed by atoms with Crippen LogP contribution in [0.25, 0.3) is 11.6 Å². The minimum atomic E-state index is -0.635. The number of hydrogen-bond donors (Lipinski definition) is 3. The van der Waals surface area contributed by atoms with Crippen LogP contribution in [0.15, 0.2) is 48.7 Å². The molecule has 5 nitrogen and oxygen atoms in total. The maximum atomic E-state index is 10.0. The summed E-state index contributed by atoms with van der Waals surface area (Å²) in [6, 6.07) is 9.32. The minimum Gasteiger partial charge on any atom is -0.504 e. The first-order valence-electron chi connectivity index (χ1n) is 8.19. The van der Waals surface area contributed by atoms with E-state index in [2.05, 4.69) is 27.6 Å². The molecule has 0 bridgehead atoms. The zero-order valence-electron chi connectivity index (χ0n) is 14.5. The normalized spacial score (nSPS) is 13.2. The summed E-state index contributed by atoms with van der Waals surface area (Å²) in [5.74, 6) is 0.531. The fraction of sp³-hybridized carbons (Fsp3) is 0.250. The Bertz CT molecular complexity index is 775. The molecule has 1 aromatic carbocycles. The number of aliphatic hydroxyl groups excluding tert-OH is 2. The van der Waals surface area contributed by atoms with Gasteiger partial charge in [-0.3, -0.25) is 4.98 Å². The molecule has 0 radical (unpaired) electrons. The van der Waals surface area contributed by atoms with Gasteiger partial charge in [0.15, 0.2) is 11.5 Å². The lowest BCUT2D eigenvalue weighted by molar-refractivity contribution is 0.213. The minimum absolute atomic E-state index is 0.0915. The standard InChI is InChI=1S/C20H22INO4/c1-26-19-13-14(12-17(21)20(19)25)11-15(18-6-2-3-9-22-18)7-8-16(24)5-4-10-23/h2-6,9,11-13,16,23-25H,7-8,10H2,1H3/b5-4-,15-11-/t16-/m0/s1. The number of aromatic nitrogens is 1. The van der Waals surface area contributed by atoms with E-state index in [4.69, 9.17) is 9.84 Å². The largest absolute Gasteiger partial charge is 0.504 e. The fourth-order valence-corrected chi connectivity index (χ4v) is 3.10. The van der Waals surface area contributed by atoms with Crippen LogP contribution in [-0.4, -0.2) is 40.1 Å². The predicted molar refractivity (Wildman–Crippen MR) is 111 cm³/mol. The van der Waals surface area contributed by atoms with Crippen molar-refractivity contribution in [1.29, 1.82) is 0 Å². The first-order valence-corrected chi connectivity index (χ1v) is 9.27. The van der Waals surface area contributed by atoms with E-state index in [1.54, 1.807) is 18.3 Å². The highest BCUT2D eigenvalue weighted by Crippen LogP contribution is 2.34. The summed E-state index contributed by atoms with van der Waals surface area (Å²) in [4.78, 5) is 4.41. The molecule has 0 unspecified atom stereocenters. The molecule has 0 aliphatic carbocycles. The second-order valence-electron chi connectivity index (χ2n) is 5.65. The molecule has 138 valence electrons. The lowest BCUT2D eigenvalue weighted by Gasteiger charge is -2.11. The SMILES string of the molecule is COc1cc(/C=C(/CC[C@@H](O)/C=C\CO)c2ccccn2)cc(I)c1O. The molecule has 1 heterocycles. The second-order valence-corrected chi connectivity index (χ2v) is 6.82. The van der Waals surface area contributed by atoms with Crippen molar-refractivity contribution in [2.75, 3.05) is 13.7 Å². The average molecular weight is 467 g/mol. The third kappa shape index (κ3) is 5.82. The molecular weight excluding hydrogens is 445 g/mol. The average Bonchev–Trinajstić information content (AvgIpc) is 2.66. The summed E-state index contributed by atoms with van der Waals surface area (Å²) < 4.78 is 5.92. The number of aliphatic hydroxyl groups is 2. The monoisotopic (exact) mass is 467 g/mol.